The maximum absolute atomic E-state index is 6.29. The molecule has 1 atom stereocenters. The summed E-state index contributed by atoms with van der Waals surface area (Å²) in [6.07, 6.45) is 2.41. The molecule has 0 saturated heterocycles. The van der Waals surface area contributed by atoms with Crippen LogP contribution in [0.1, 0.15) is 37.2 Å². The molecule has 2 rings (SSSR count). The lowest BCUT2D eigenvalue weighted by Crippen LogP contribution is -2.20. The number of rotatable bonds is 4. The molecular weight excluding hydrogens is 326 g/mol. The molecule has 5 heteroatoms. The molecule has 3 nitrogen and oxygen atoms in total. The summed E-state index contributed by atoms with van der Waals surface area (Å²) >= 11 is 9.63. The molecule has 0 aliphatic carbocycles. The number of halogens is 2. The molecule has 0 aliphatic heterocycles. The van der Waals surface area contributed by atoms with Crippen molar-refractivity contribution < 1.29 is 0 Å². The topological polar surface area (TPSA) is 43.8 Å². The van der Waals surface area contributed by atoms with Gasteiger partial charge in [-0.2, -0.15) is 5.10 Å². The standard InChI is InChI=1S/C14H17BrClN3/c1-9(2)19-14(12(16)8-18-19)13(17)7-10-3-5-11(15)6-4-10/h3-6,8-9,13H,7,17H2,1-2H3. The summed E-state index contributed by atoms with van der Waals surface area (Å²) in [6.45, 7) is 4.14. The van der Waals surface area contributed by atoms with E-state index in [4.69, 9.17) is 17.3 Å². The van der Waals surface area contributed by atoms with E-state index in [0.717, 1.165) is 16.6 Å². The highest BCUT2D eigenvalue weighted by atomic mass is 79.9. The molecule has 1 heterocycles. The maximum atomic E-state index is 6.29. The SMILES string of the molecule is CC(C)n1ncc(Cl)c1C(N)Cc1ccc(Br)cc1. The quantitative estimate of drug-likeness (QED) is 0.908. The average Bonchev–Trinajstić information content (AvgIpc) is 2.74. The van der Waals surface area contributed by atoms with Crippen molar-refractivity contribution in [2.24, 2.45) is 5.73 Å². The van der Waals surface area contributed by atoms with Crippen LogP contribution in [0.4, 0.5) is 0 Å². The van der Waals surface area contributed by atoms with Gasteiger partial charge < -0.3 is 5.73 Å². The molecule has 0 fully saturated rings. The lowest BCUT2D eigenvalue weighted by atomic mass is 10.0. The first-order valence-corrected chi connectivity index (χ1v) is 7.39. The van der Waals surface area contributed by atoms with Crippen LogP contribution >= 0.6 is 27.5 Å². The molecule has 102 valence electrons. The Balaban J connectivity index is 2.22. The van der Waals surface area contributed by atoms with Crippen molar-refractivity contribution in [3.63, 3.8) is 0 Å². The highest BCUT2D eigenvalue weighted by Crippen LogP contribution is 2.26. The van der Waals surface area contributed by atoms with Crippen molar-refractivity contribution in [3.8, 4) is 0 Å². The second-order valence-electron chi connectivity index (χ2n) is 4.85. The third-order valence-electron chi connectivity index (χ3n) is 3.00. The monoisotopic (exact) mass is 341 g/mol. The van der Waals surface area contributed by atoms with E-state index in [1.807, 2.05) is 16.8 Å². The molecule has 2 N–H and O–H groups in total. The van der Waals surface area contributed by atoms with Crippen LogP contribution in [0.3, 0.4) is 0 Å². The van der Waals surface area contributed by atoms with E-state index >= 15 is 0 Å². The van der Waals surface area contributed by atoms with Crippen LogP contribution in [-0.2, 0) is 6.42 Å². The van der Waals surface area contributed by atoms with E-state index in [1.54, 1.807) is 6.20 Å². The van der Waals surface area contributed by atoms with Gasteiger partial charge in [0.2, 0.25) is 0 Å². The molecule has 0 radical (unpaired) electrons. The predicted octanol–water partition coefficient (Wildman–Crippen LogP) is 4.12. The minimum absolute atomic E-state index is 0.154. The molecule has 1 aromatic heterocycles. The second-order valence-corrected chi connectivity index (χ2v) is 6.18. The molecule has 1 unspecified atom stereocenters. The first-order valence-electron chi connectivity index (χ1n) is 6.22. The summed E-state index contributed by atoms with van der Waals surface area (Å²) in [5.74, 6) is 0. The third kappa shape index (κ3) is 3.38. The van der Waals surface area contributed by atoms with Crippen molar-refractivity contribution in [2.75, 3.05) is 0 Å². The predicted molar refractivity (Wildman–Crippen MR) is 82.4 cm³/mol. The molecule has 0 spiro atoms. The second kappa shape index (κ2) is 6.07. The normalized spacial score (nSPS) is 12.9. The molecule has 0 amide bonds. The Morgan fingerprint density at radius 2 is 1.95 bits per heavy atom. The molecule has 1 aromatic carbocycles. The average molecular weight is 343 g/mol. The summed E-state index contributed by atoms with van der Waals surface area (Å²) in [4.78, 5) is 0. The van der Waals surface area contributed by atoms with Crippen molar-refractivity contribution >= 4 is 27.5 Å². The Morgan fingerprint density at radius 1 is 1.32 bits per heavy atom. The summed E-state index contributed by atoms with van der Waals surface area (Å²) in [5, 5.41) is 4.93. The highest BCUT2D eigenvalue weighted by Gasteiger charge is 2.18. The van der Waals surface area contributed by atoms with Crippen molar-refractivity contribution in [2.45, 2.75) is 32.4 Å². The van der Waals surface area contributed by atoms with E-state index in [0.29, 0.717) is 5.02 Å². The summed E-state index contributed by atoms with van der Waals surface area (Å²) in [5.41, 5.74) is 8.38. The van der Waals surface area contributed by atoms with Gasteiger partial charge in [0.25, 0.3) is 0 Å². The number of nitrogens with two attached hydrogens (primary N) is 1. The minimum atomic E-state index is -0.154. The van der Waals surface area contributed by atoms with E-state index in [-0.39, 0.29) is 12.1 Å². The molecule has 0 bridgehead atoms. The van der Waals surface area contributed by atoms with Gasteiger partial charge in [-0.1, -0.05) is 39.7 Å². The van der Waals surface area contributed by atoms with Gasteiger partial charge in [-0.15, -0.1) is 0 Å². The number of aromatic nitrogens is 2. The number of hydrogen-bond acceptors (Lipinski definition) is 2. The first-order chi connectivity index (χ1) is 8.99. The Kier molecular flexibility index (Phi) is 4.66. The fourth-order valence-electron chi connectivity index (χ4n) is 2.08. The lowest BCUT2D eigenvalue weighted by Gasteiger charge is -2.17. The summed E-state index contributed by atoms with van der Waals surface area (Å²) < 4.78 is 2.96. The largest absolute Gasteiger partial charge is 0.322 e. The Hall–Kier alpha value is -0.840. The van der Waals surface area contributed by atoms with Gasteiger partial charge >= 0.3 is 0 Å². The fraction of sp³-hybridized carbons (Fsp3) is 0.357. The zero-order chi connectivity index (χ0) is 14.0. The Bertz CT molecular complexity index is 548. The van der Waals surface area contributed by atoms with Crippen LogP contribution in [0.2, 0.25) is 5.02 Å². The van der Waals surface area contributed by atoms with Crippen LogP contribution in [-0.4, -0.2) is 9.78 Å². The lowest BCUT2D eigenvalue weighted by molar-refractivity contribution is 0.485. The molecule has 19 heavy (non-hydrogen) atoms. The molecular formula is C14H17BrClN3. The van der Waals surface area contributed by atoms with Crippen LogP contribution < -0.4 is 5.73 Å². The smallest absolute Gasteiger partial charge is 0.0834 e. The van der Waals surface area contributed by atoms with Gasteiger partial charge in [-0.05, 0) is 38.0 Å². The van der Waals surface area contributed by atoms with Gasteiger partial charge in [0, 0.05) is 10.5 Å². The zero-order valence-corrected chi connectivity index (χ0v) is 13.3. The third-order valence-corrected chi connectivity index (χ3v) is 3.82. The highest BCUT2D eigenvalue weighted by molar-refractivity contribution is 9.10. The Labute approximate surface area is 126 Å². The molecule has 0 saturated carbocycles. The Morgan fingerprint density at radius 3 is 2.53 bits per heavy atom. The van der Waals surface area contributed by atoms with E-state index in [9.17, 15) is 0 Å². The van der Waals surface area contributed by atoms with Crippen LogP contribution in [0.15, 0.2) is 34.9 Å². The summed E-state index contributed by atoms with van der Waals surface area (Å²) in [7, 11) is 0. The number of hydrogen-bond donors (Lipinski definition) is 1. The number of benzene rings is 1. The first kappa shape index (κ1) is 14.6. The van der Waals surface area contributed by atoms with Crippen LogP contribution in [0.25, 0.3) is 0 Å². The minimum Gasteiger partial charge on any atom is -0.322 e. The van der Waals surface area contributed by atoms with E-state index in [2.05, 4.69) is 47.0 Å². The molecule has 0 aliphatic rings. The molecule has 2 aromatic rings. The summed E-state index contributed by atoms with van der Waals surface area (Å²) in [6, 6.07) is 8.26. The van der Waals surface area contributed by atoms with Crippen LogP contribution in [0.5, 0.6) is 0 Å². The zero-order valence-electron chi connectivity index (χ0n) is 11.0. The van der Waals surface area contributed by atoms with Crippen LogP contribution in [0, 0.1) is 0 Å². The van der Waals surface area contributed by atoms with Gasteiger partial charge in [0.15, 0.2) is 0 Å². The maximum Gasteiger partial charge on any atom is 0.0834 e. The van der Waals surface area contributed by atoms with Gasteiger partial charge in [0.1, 0.15) is 0 Å². The van der Waals surface area contributed by atoms with Gasteiger partial charge in [-0.3, -0.25) is 4.68 Å². The van der Waals surface area contributed by atoms with E-state index in [1.165, 1.54) is 5.56 Å². The number of nitrogens with zero attached hydrogens (tertiary/aromatic N) is 2. The van der Waals surface area contributed by atoms with Crippen molar-refractivity contribution in [1.29, 1.82) is 0 Å². The van der Waals surface area contributed by atoms with Gasteiger partial charge in [-0.25, -0.2) is 0 Å². The van der Waals surface area contributed by atoms with Gasteiger partial charge in [0.05, 0.1) is 23.0 Å². The van der Waals surface area contributed by atoms with E-state index < -0.39 is 0 Å². The van der Waals surface area contributed by atoms with Crippen molar-refractivity contribution in [3.05, 3.63) is 51.2 Å². The fourth-order valence-corrected chi connectivity index (χ4v) is 2.61. The van der Waals surface area contributed by atoms with Crippen molar-refractivity contribution in [1.82, 2.24) is 9.78 Å².